The number of aryl methyl sites for hydroxylation is 1. The average molecular weight is 310 g/mol. The number of carbonyl (C=O) groups is 1. The SMILES string of the molecule is CB(OC(C)(C)C(C)(C)C)c1cnn(C)c1.CC.CC(C)=O. The highest BCUT2D eigenvalue weighted by Gasteiger charge is 2.36. The molecular formula is C17H35BN2O2. The predicted octanol–water partition coefficient (Wildman–Crippen LogP) is 3.71. The van der Waals surface area contributed by atoms with Gasteiger partial charge in [-0.3, -0.25) is 4.68 Å². The van der Waals surface area contributed by atoms with Crippen LogP contribution in [0.25, 0.3) is 0 Å². The molecule has 0 spiro atoms. The molecule has 0 saturated carbocycles. The van der Waals surface area contributed by atoms with Crippen LogP contribution in [0, 0.1) is 5.41 Å². The lowest BCUT2D eigenvalue weighted by Gasteiger charge is -2.40. The molecule has 0 radical (unpaired) electrons. The van der Waals surface area contributed by atoms with Crippen molar-refractivity contribution in [2.24, 2.45) is 12.5 Å². The van der Waals surface area contributed by atoms with Crippen LogP contribution in [0.4, 0.5) is 0 Å². The fourth-order valence-corrected chi connectivity index (χ4v) is 1.34. The van der Waals surface area contributed by atoms with E-state index in [1.54, 1.807) is 4.68 Å². The maximum absolute atomic E-state index is 9.44. The van der Waals surface area contributed by atoms with Gasteiger partial charge in [0.1, 0.15) is 5.78 Å². The van der Waals surface area contributed by atoms with Gasteiger partial charge in [-0.05, 0) is 38.6 Å². The van der Waals surface area contributed by atoms with Crippen molar-refractivity contribution in [3.63, 3.8) is 0 Å². The second-order valence-electron chi connectivity index (χ2n) is 6.88. The average Bonchev–Trinajstić information content (AvgIpc) is 2.76. The van der Waals surface area contributed by atoms with Gasteiger partial charge in [-0.2, -0.15) is 5.10 Å². The first-order chi connectivity index (χ1) is 9.86. The van der Waals surface area contributed by atoms with Gasteiger partial charge in [-0.15, -0.1) is 0 Å². The molecule has 0 N–H and O–H groups in total. The van der Waals surface area contributed by atoms with E-state index in [0.717, 1.165) is 5.46 Å². The Kier molecular flexibility index (Phi) is 10.4. The topological polar surface area (TPSA) is 44.1 Å². The summed E-state index contributed by atoms with van der Waals surface area (Å²) in [5.74, 6) is 0.167. The molecule has 1 aromatic heterocycles. The maximum atomic E-state index is 9.44. The lowest BCUT2D eigenvalue weighted by atomic mass is 9.63. The molecule has 22 heavy (non-hydrogen) atoms. The van der Waals surface area contributed by atoms with Gasteiger partial charge in [-0.25, -0.2) is 0 Å². The molecule has 0 bridgehead atoms. The highest BCUT2D eigenvalue weighted by Crippen LogP contribution is 2.33. The van der Waals surface area contributed by atoms with Crippen LogP contribution >= 0.6 is 0 Å². The van der Waals surface area contributed by atoms with Crippen LogP contribution in [-0.4, -0.2) is 28.1 Å². The Morgan fingerprint density at radius 3 is 1.86 bits per heavy atom. The van der Waals surface area contributed by atoms with Crippen molar-refractivity contribution >= 4 is 18.2 Å². The molecule has 128 valence electrons. The van der Waals surface area contributed by atoms with Crippen molar-refractivity contribution in [1.82, 2.24) is 9.78 Å². The summed E-state index contributed by atoms with van der Waals surface area (Å²) in [6.07, 6.45) is 3.87. The van der Waals surface area contributed by atoms with Crippen LogP contribution in [0.1, 0.15) is 62.3 Å². The standard InChI is InChI=1S/C12H23BN2O.C3H6O.C2H6/c1-11(2,3)12(4,5)16-13(6)10-8-14-15(7)9-10;1-3(2)4;1-2/h8-9H,1-7H3;1-2H3;1-2H3. The number of nitrogens with zero attached hydrogens (tertiary/aromatic N) is 2. The van der Waals surface area contributed by atoms with Gasteiger partial charge in [-0.1, -0.05) is 41.4 Å². The number of hydrogen-bond donors (Lipinski definition) is 0. The summed E-state index contributed by atoms with van der Waals surface area (Å²) in [7, 11) is 1.92. The number of carbonyl (C=O) groups excluding carboxylic acids is 1. The van der Waals surface area contributed by atoms with Gasteiger partial charge in [0.15, 0.2) is 0 Å². The molecule has 0 aromatic carbocycles. The largest absolute Gasteiger partial charge is 0.426 e. The van der Waals surface area contributed by atoms with Crippen LogP contribution in [0.5, 0.6) is 0 Å². The van der Waals surface area contributed by atoms with Crippen molar-refractivity contribution in [2.75, 3.05) is 0 Å². The third kappa shape index (κ3) is 9.03. The fourth-order valence-electron chi connectivity index (χ4n) is 1.34. The number of ketones is 1. The van der Waals surface area contributed by atoms with Crippen molar-refractivity contribution in [1.29, 1.82) is 0 Å². The summed E-state index contributed by atoms with van der Waals surface area (Å²) in [4.78, 5) is 9.44. The zero-order valence-corrected chi connectivity index (χ0v) is 16.4. The molecule has 0 saturated heterocycles. The van der Waals surface area contributed by atoms with Gasteiger partial charge >= 0.3 is 6.92 Å². The number of rotatable bonds is 3. The van der Waals surface area contributed by atoms with Crippen LogP contribution in [0.15, 0.2) is 12.4 Å². The predicted molar refractivity (Wildman–Crippen MR) is 96.8 cm³/mol. The minimum absolute atomic E-state index is 0.0722. The van der Waals surface area contributed by atoms with Gasteiger partial charge in [0.2, 0.25) is 0 Å². The van der Waals surface area contributed by atoms with Crippen molar-refractivity contribution in [3.05, 3.63) is 12.4 Å². The molecule has 0 aliphatic carbocycles. The molecule has 0 fully saturated rings. The molecule has 0 aliphatic rings. The quantitative estimate of drug-likeness (QED) is 0.799. The Labute approximate surface area is 137 Å². The van der Waals surface area contributed by atoms with Gasteiger partial charge in [0.05, 0.1) is 5.60 Å². The first kappa shape index (κ1) is 23.2. The first-order valence-corrected chi connectivity index (χ1v) is 8.00. The molecule has 0 unspecified atom stereocenters. The second kappa shape index (κ2) is 9.83. The number of hydrogen-bond acceptors (Lipinski definition) is 3. The van der Waals surface area contributed by atoms with Crippen molar-refractivity contribution in [2.45, 2.75) is 74.7 Å². The van der Waals surface area contributed by atoms with E-state index in [2.05, 4.69) is 46.5 Å². The lowest BCUT2D eigenvalue weighted by Crippen LogP contribution is -2.46. The van der Waals surface area contributed by atoms with Crippen LogP contribution in [0.3, 0.4) is 0 Å². The maximum Gasteiger partial charge on any atom is 0.327 e. The second-order valence-corrected chi connectivity index (χ2v) is 6.88. The third-order valence-corrected chi connectivity index (χ3v) is 3.47. The Hall–Kier alpha value is -1.10. The zero-order valence-electron chi connectivity index (χ0n) is 16.4. The highest BCUT2D eigenvalue weighted by atomic mass is 16.5. The summed E-state index contributed by atoms with van der Waals surface area (Å²) in [6, 6.07) is 0. The lowest BCUT2D eigenvalue weighted by molar-refractivity contribution is -0.114. The Balaban J connectivity index is 0. The molecule has 1 aromatic rings. The molecular weight excluding hydrogens is 275 g/mol. The van der Waals surface area contributed by atoms with Crippen molar-refractivity contribution < 1.29 is 9.45 Å². The summed E-state index contributed by atoms with van der Waals surface area (Å²) >= 11 is 0. The van der Waals surface area contributed by atoms with E-state index in [-0.39, 0.29) is 23.7 Å². The molecule has 1 rings (SSSR count). The molecule has 1 heterocycles. The normalized spacial score (nSPS) is 10.9. The van der Waals surface area contributed by atoms with E-state index in [0.29, 0.717) is 0 Å². The minimum Gasteiger partial charge on any atom is -0.426 e. The van der Waals surface area contributed by atoms with Crippen LogP contribution in [-0.2, 0) is 16.5 Å². The third-order valence-electron chi connectivity index (χ3n) is 3.47. The Morgan fingerprint density at radius 1 is 1.18 bits per heavy atom. The number of Topliss-reactive ketones (excluding diaryl/α,β-unsaturated/α-hetero) is 1. The first-order valence-electron chi connectivity index (χ1n) is 8.00. The van der Waals surface area contributed by atoms with Crippen LogP contribution in [0.2, 0.25) is 6.82 Å². The van der Waals surface area contributed by atoms with E-state index < -0.39 is 0 Å². The fraction of sp³-hybridized carbons (Fsp3) is 0.765. The monoisotopic (exact) mass is 310 g/mol. The number of aromatic nitrogens is 2. The smallest absolute Gasteiger partial charge is 0.327 e. The Bertz CT molecular complexity index is 430. The minimum atomic E-state index is -0.164. The molecule has 0 aliphatic heterocycles. The summed E-state index contributed by atoms with van der Waals surface area (Å²) in [5, 5.41) is 4.17. The summed E-state index contributed by atoms with van der Waals surface area (Å²) in [5.41, 5.74) is 1.07. The molecule has 0 amide bonds. The van der Waals surface area contributed by atoms with Gasteiger partial charge in [0.25, 0.3) is 0 Å². The van der Waals surface area contributed by atoms with Gasteiger partial charge in [0, 0.05) is 19.4 Å². The highest BCUT2D eigenvalue weighted by molar-refractivity contribution is 6.66. The van der Waals surface area contributed by atoms with E-state index in [9.17, 15) is 4.79 Å². The van der Waals surface area contributed by atoms with E-state index in [1.807, 2.05) is 33.3 Å². The zero-order chi connectivity index (χ0) is 18.1. The Morgan fingerprint density at radius 2 is 1.59 bits per heavy atom. The molecule has 5 heteroatoms. The van der Waals surface area contributed by atoms with Crippen LogP contribution < -0.4 is 5.46 Å². The van der Waals surface area contributed by atoms with Gasteiger partial charge < -0.3 is 9.45 Å². The van der Waals surface area contributed by atoms with E-state index >= 15 is 0 Å². The summed E-state index contributed by atoms with van der Waals surface area (Å²) < 4.78 is 7.95. The molecule has 4 nitrogen and oxygen atoms in total. The molecule has 0 atom stereocenters. The van der Waals surface area contributed by atoms with E-state index in [4.69, 9.17) is 4.65 Å². The summed E-state index contributed by atoms with van der Waals surface area (Å²) in [6.45, 7) is 20.1. The van der Waals surface area contributed by atoms with E-state index in [1.165, 1.54) is 13.8 Å². The van der Waals surface area contributed by atoms with Crippen molar-refractivity contribution in [3.8, 4) is 0 Å².